The van der Waals surface area contributed by atoms with Gasteiger partial charge in [0.15, 0.2) is 0 Å². The van der Waals surface area contributed by atoms with Crippen LogP contribution in [0.4, 0.5) is 15.8 Å². The Kier molecular flexibility index (Phi) is 4.98. The van der Waals surface area contributed by atoms with Crippen molar-refractivity contribution in [1.29, 1.82) is 0 Å². The first kappa shape index (κ1) is 14.8. The number of amides is 1. The summed E-state index contributed by atoms with van der Waals surface area (Å²) < 4.78 is 14.4. The molecule has 1 amide bonds. The van der Waals surface area contributed by atoms with Crippen LogP contribution in [0.25, 0.3) is 0 Å². The van der Waals surface area contributed by atoms with Gasteiger partial charge in [0.2, 0.25) is 5.91 Å². The van der Waals surface area contributed by atoms with Gasteiger partial charge in [-0.3, -0.25) is 4.79 Å². The molecule has 0 unspecified atom stereocenters. The van der Waals surface area contributed by atoms with Gasteiger partial charge >= 0.3 is 0 Å². The summed E-state index contributed by atoms with van der Waals surface area (Å²) in [6.07, 6.45) is 0. The first-order valence-corrected chi connectivity index (χ1v) is 6.96. The monoisotopic (exact) mass is 356 g/mol. The molecule has 0 aliphatic carbocycles. The predicted octanol–water partition coefficient (Wildman–Crippen LogP) is 4.29. The highest BCUT2D eigenvalue weighted by Gasteiger charge is 2.06. The summed E-state index contributed by atoms with van der Waals surface area (Å²) >= 11 is 8.96. The third-order valence-electron chi connectivity index (χ3n) is 2.50. The number of carbonyl (C=O) groups is 1. The minimum Gasteiger partial charge on any atom is -0.374 e. The minimum absolute atomic E-state index is 0.0331. The van der Waals surface area contributed by atoms with Crippen molar-refractivity contribution in [3.8, 4) is 0 Å². The standard InChI is InChI=1S/C14H11BrClFN2O/c15-9-1-4-11(5-2-9)19-14(20)8-18-13-6-3-10(16)7-12(13)17/h1-7,18H,8H2,(H,19,20). The molecule has 0 heterocycles. The molecule has 104 valence electrons. The molecular weight excluding hydrogens is 347 g/mol. The molecule has 2 aromatic carbocycles. The van der Waals surface area contributed by atoms with Gasteiger partial charge in [0.1, 0.15) is 5.82 Å². The molecule has 0 saturated carbocycles. The topological polar surface area (TPSA) is 41.1 Å². The second-order valence-electron chi connectivity index (χ2n) is 4.03. The minimum atomic E-state index is -0.492. The number of rotatable bonds is 4. The lowest BCUT2D eigenvalue weighted by Gasteiger charge is -2.09. The number of anilines is 2. The molecule has 0 saturated heterocycles. The van der Waals surface area contributed by atoms with Gasteiger partial charge in [-0.2, -0.15) is 0 Å². The van der Waals surface area contributed by atoms with Gasteiger partial charge in [0.25, 0.3) is 0 Å². The number of halogens is 3. The molecule has 2 aromatic rings. The Hall–Kier alpha value is -1.59. The van der Waals surface area contributed by atoms with E-state index in [0.717, 1.165) is 4.47 Å². The van der Waals surface area contributed by atoms with E-state index in [4.69, 9.17) is 11.6 Å². The fourth-order valence-corrected chi connectivity index (χ4v) is 1.97. The van der Waals surface area contributed by atoms with Crippen molar-refractivity contribution in [2.45, 2.75) is 0 Å². The van der Waals surface area contributed by atoms with E-state index in [1.807, 2.05) is 12.1 Å². The van der Waals surface area contributed by atoms with E-state index in [2.05, 4.69) is 26.6 Å². The Bertz CT molecular complexity index is 619. The number of hydrogen-bond donors (Lipinski definition) is 2. The summed E-state index contributed by atoms with van der Waals surface area (Å²) in [6, 6.07) is 11.4. The van der Waals surface area contributed by atoms with E-state index in [0.29, 0.717) is 10.7 Å². The van der Waals surface area contributed by atoms with Crippen LogP contribution < -0.4 is 10.6 Å². The Morgan fingerprint density at radius 2 is 1.90 bits per heavy atom. The van der Waals surface area contributed by atoms with Crippen molar-refractivity contribution in [3.63, 3.8) is 0 Å². The van der Waals surface area contributed by atoms with E-state index in [9.17, 15) is 9.18 Å². The second-order valence-corrected chi connectivity index (χ2v) is 5.38. The second kappa shape index (κ2) is 6.72. The maximum absolute atomic E-state index is 13.5. The normalized spacial score (nSPS) is 10.2. The first-order chi connectivity index (χ1) is 9.54. The summed E-state index contributed by atoms with van der Waals surface area (Å²) in [4.78, 5) is 11.7. The summed E-state index contributed by atoms with van der Waals surface area (Å²) in [5.41, 5.74) is 0.914. The molecule has 0 aromatic heterocycles. The summed E-state index contributed by atoms with van der Waals surface area (Å²) in [7, 11) is 0. The van der Waals surface area contributed by atoms with Crippen molar-refractivity contribution < 1.29 is 9.18 Å². The lowest BCUT2D eigenvalue weighted by Crippen LogP contribution is -2.22. The van der Waals surface area contributed by atoms with Crippen LogP contribution in [0.1, 0.15) is 0 Å². The van der Waals surface area contributed by atoms with Crippen molar-refractivity contribution in [2.24, 2.45) is 0 Å². The van der Waals surface area contributed by atoms with Crippen LogP contribution in [0.15, 0.2) is 46.9 Å². The zero-order valence-corrected chi connectivity index (χ0v) is 12.6. The van der Waals surface area contributed by atoms with Gasteiger partial charge in [0.05, 0.1) is 12.2 Å². The van der Waals surface area contributed by atoms with E-state index >= 15 is 0 Å². The molecule has 3 nitrogen and oxygen atoms in total. The van der Waals surface area contributed by atoms with Crippen LogP contribution in [-0.4, -0.2) is 12.5 Å². The highest BCUT2D eigenvalue weighted by atomic mass is 79.9. The van der Waals surface area contributed by atoms with Crippen LogP contribution in [0.2, 0.25) is 5.02 Å². The van der Waals surface area contributed by atoms with Crippen molar-refractivity contribution >= 4 is 44.8 Å². The summed E-state index contributed by atoms with van der Waals surface area (Å²) in [5.74, 6) is -0.754. The van der Waals surface area contributed by atoms with Crippen molar-refractivity contribution in [1.82, 2.24) is 0 Å². The quantitative estimate of drug-likeness (QED) is 0.857. The molecule has 0 aliphatic rings. The van der Waals surface area contributed by atoms with E-state index < -0.39 is 5.82 Å². The van der Waals surface area contributed by atoms with Crippen LogP contribution in [0, 0.1) is 5.82 Å². The molecule has 0 aliphatic heterocycles. The first-order valence-electron chi connectivity index (χ1n) is 5.79. The number of hydrogen-bond acceptors (Lipinski definition) is 2. The van der Waals surface area contributed by atoms with Crippen molar-refractivity contribution in [2.75, 3.05) is 17.2 Å². The molecule has 2 N–H and O–H groups in total. The SMILES string of the molecule is O=C(CNc1ccc(Cl)cc1F)Nc1ccc(Br)cc1. The zero-order valence-electron chi connectivity index (χ0n) is 10.3. The van der Waals surface area contributed by atoms with Gasteiger partial charge in [-0.05, 0) is 42.5 Å². The molecule has 20 heavy (non-hydrogen) atoms. The zero-order chi connectivity index (χ0) is 14.5. The summed E-state index contributed by atoms with van der Waals surface area (Å²) in [5, 5.41) is 5.73. The molecule has 0 bridgehead atoms. The fraction of sp³-hybridized carbons (Fsp3) is 0.0714. The van der Waals surface area contributed by atoms with Gasteiger partial charge in [-0.25, -0.2) is 4.39 Å². The third-order valence-corrected chi connectivity index (χ3v) is 3.26. The highest BCUT2D eigenvalue weighted by Crippen LogP contribution is 2.18. The maximum Gasteiger partial charge on any atom is 0.243 e. The van der Waals surface area contributed by atoms with Gasteiger partial charge in [0, 0.05) is 15.2 Å². The average Bonchev–Trinajstić information content (AvgIpc) is 2.40. The Morgan fingerprint density at radius 3 is 2.55 bits per heavy atom. The van der Waals surface area contributed by atoms with Gasteiger partial charge in [-0.1, -0.05) is 27.5 Å². The van der Waals surface area contributed by atoms with Gasteiger partial charge in [-0.15, -0.1) is 0 Å². The lowest BCUT2D eigenvalue weighted by molar-refractivity contribution is -0.114. The molecule has 6 heteroatoms. The molecule has 2 rings (SSSR count). The highest BCUT2D eigenvalue weighted by molar-refractivity contribution is 9.10. The Morgan fingerprint density at radius 1 is 1.20 bits per heavy atom. The van der Waals surface area contributed by atoms with Crippen molar-refractivity contribution in [3.05, 3.63) is 57.8 Å². The lowest BCUT2D eigenvalue weighted by atomic mass is 10.3. The smallest absolute Gasteiger partial charge is 0.243 e. The predicted molar refractivity (Wildman–Crippen MR) is 82.7 cm³/mol. The Labute approximate surface area is 129 Å². The number of benzene rings is 2. The maximum atomic E-state index is 13.5. The van der Waals surface area contributed by atoms with Crippen LogP contribution in [0.5, 0.6) is 0 Å². The number of nitrogens with one attached hydrogen (secondary N) is 2. The third kappa shape index (κ3) is 4.21. The average molecular weight is 358 g/mol. The molecule has 0 atom stereocenters. The van der Waals surface area contributed by atoms with Gasteiger partial charge < -0.3 is 10.6 Å². The largest absolute Gasteiger partial charge is 0.374 e. The van der Waals surface area contributed by atoms with E-state index in [1.54, 1.807) is 18.2 Å². The molecule has 0 spiro atoms. The molecule has 0 radical (unpaired) electrons. The fourth-order valence-electron chi connectivity index (χ4n) is 1.55. The van der Waals surface area contributed by atoms with Crippen LogP contribution in [0.3, 0.4) is 0 Å². The van der Waals surface area contributed by atoms with E-state index in [1.165, 1.54) is 12.1 Å². The van der Waals surface area contributed by atoms with Crippen LogP contribution >= 0.6 is 27.5 Å². The van der Waals surface area contributed by atoms with Crippen LogP contribution in [-0.2, 0) is 4.79 Å². The van der Waals surface area contributed by atoms with E-state index in [-0.39, 0.29) is 18.1 Å². The Balaban J connectivity index is 1.90. The molecular formula is C14H11BrClFN2O. The molecule has 0 fully saturated rings. The number of carbonyl (C=O) groups excluding carboxylic acids is 1. The summed E-state index contributed by atoms with van der Waals surface area (Å²) in [6.45, 7) is -0.0331.